The lowest BCUT2D eigenvalue weighted by Crippen LogP contribution is -2.27. The monoisotopic (exact) mass is 408 g/mol. The number of amides is 1. The second kappa shape index (κ2) is 7.92. The zero-order chi connectivity index (χ0) is 20.4. The molecule has 0 unspecified atom stereocenters. The summed E-state index contributed by atoms with van der Waals surface area (Å²) >= 11 is 1.30. The van der Waals surface area contributed by atoms with Gasteiger partial charge in [0.1, 0.15) is 12.4 Å². The molecular weight excluding hydrogens is 391 g/mol. The first-order valence-corrected chi connectivity index (χ1v) is 9.76. The van der Waals surface area contributed by atoms with E-state index in [1.807, 2.05) is 6.92 Å². The summed E-state index contributed by atoms with van der Waals surface area (Å²) in [4.78, 5) is 34.3. The van der Waals surface area contributed by atoms with Crippen LogP contribution in [0.5, 0.6) is 0 Å². The van der Waals surface area contributed by atoms with E-state index in [9.17, 15) is 14.0 Å². The van der Waals surface area contributed by atoms with Crippen molar-refractivity contribution in [3.8, 4) is 0 Å². The van der Waals surface area contributed by atoms with Gasteiger partial charge >= 0.3 is 0 Å². The van der Waals surface area contributed by atoms with Crippen LogP contribution in [0.15, 0.2) is 59.7 Å². The maximum absolute atomic E-state index is 13.9. The zero-order valence-corrected chi connectivity index (χ0v) is 16.4. The van der Waals surface area contributed by atoms with Gasteiger partial charge in [0.2, 0.25) is 5.91 Å². The third kappa shape index (κ3) is 4.07. The fourth-order valence-electron chi connectivity index (χ4n) is 2.99. The molecule has 0 saturated carbocycles. The van der Waals surface area contributed by atoms with Crippen LogP contribution in [0.4, 0.5) is 9.52 Å². The molecule has 4 aromatic rings. The summed E-state index contributed by atoms with van der Waals surface area (Å²) in [6, 6.07) is 13.6. The molecule has 1 N–H and O–H groups in total. The van der Waals surface area contributed by atoms with Gasteiger partial charge in [0, 0.05) is 11.3 Å². The average molecular weight is 408 g/mol. The van der Waals surface area contributed by atoms with Crippen molar-refractivity contribution >= 4 is 33.3 Å². The van der Waals surface area contributed by atoms with Gasteiger partial charge in [-0.25, -0.2) is 14.4 Å². The number of aromatic nitrogens is 3. The number of thiazole rings is 1. The molecule has 146 valence electrons. The van der Waals surface area contributed by atoms with E-state index < -0.39 is 0 Å². The standard InChI is InChI=1S/C21H17FN4O2S/c1-13-18(10-14-6-2-4-8-16(14)22)29-21(24-13)25-19(27)11-26-12-23-17-9-5-3-7-15(17)20(26)28/h2-9,12H,10-11H2,1H3,(H,24,25,27). The highest BCUT2D eigenvalue weighted by Gasteiger charge is 2.14. The summed E-state index contributed by atoms with van der Waals surface area (Å²) in [7, 11) is 0. The lowest BCUT2D eigenvalue weighted by molar-refractivity contribution is -0.116. The molecule has 4 rings (SSSR count). The molecule has 2 aromatic heterocycles. The minimum Gasteiger partial charge on any atom is -0.300 e. The number of anilines is 1. The van der Waals surface area contributed by atoms with E-state index in [0.29, 0.717) is 28.0 Å². The Hall–Kier alpha value is -3.39. The highest BCUT2D eigenvalue weighted by molar-refractivity contribution is 7.15. The largest absolute Gasteiger partial charge is 0.300 e. The number of benzene rings is 2. The third-order valence-corrected chi connectivity index (χ3v) is 5.57. The van der Waals surface area contributed by atoms with Crippen molar-refractivity contribution in [3.63, 3.8) is 0 Å². The Labute approximate surface area is 169 Å². The first-order valence-electron chi connectivity index (χ1n) is 8.95. The number of carbonyl (C=O) groups is 1. The molecule has 0 aliphatic heterocycles. The maximum Gasteiger partial charge on any atom is 0.261 e. The van der Waals surface area contributed by atoms with Crippen LogP contribution in [0.1, 0.15) is 16.1 Å². The van der Waals surface area contributed by atoms with E-state index in [2.05, 4.69) is 15.3 Å². The SMILES string of the molecule is Cc1nc(NC(=O)Cn2cnc3ccccc3c2=O)sc1Cc1ccccc1F. The molecule has 6 nitrogen and oxygen atoms in total. The molecule has 0 spiro atoms. The lowest BCUT2D eigenvalue weighted by atomic mass is 10.1. The van der Waals surface area contributed by atoms with E-state index in [1.165, 1.54) is 28.3 Å². The summed E-state index contributed by atoms with van der Waals surface area (Å²) < 4.78 is 15.2. The van der Waals surface area contributed by atoms with Crippen molar-refractivity contribution in [2.24, 2.45) is 0 Å². The molecule has 0 fully saturated rings. The number of nitrogens with one attached hydrogen (secondary N) is 1. The van der Waals surface area contributed by atoms with Crippen molar-refractivity contribution in [3.05, 3.63) is 87.2 Å². The molecule has 0 aliphatic rings. The Kier molecular flexibility index (Phi) is 5.18. The van der Waals surface area contributed by atoms with Gasteiger partial charge in [-0.05, 0) is 30.7 Å². The number of nitrogens with zero attached hydrogens (tertiary/aromatic N) is 3. The third-order valence-electron chi connectivity index (χ3n) is 4.49. The second-order valence-corrected chi connectivity index (χ2v) is 7.62. The second-order valence-electron chi connectivity index (χ2n) is 6.54. The summed E-state index contributed by atoms with van der Waals surface area (Å²) in [6.07, 6.45) is 1.76. The van der Waals surface area contributed by atoms with E-state index in [0.717, 1.165) is 10.6 Å². The molecule has 2 aromatic carbocycles. The fraction of sp³-hybridized carbons (Fsp3) is 0.143. The smallest absolute Gasteiger partial charge is 0.261 e. The Morgan fingerprint density at radius 1 is 1.17 bits per heavy atom. The van der Waals surface area contributed by atoms with E-state index in [4.69, 9.17) is 0 Å². The number of halogens is 1. The van der Waals surface area contributed by atoms with Crippen LogP contribution in [0.3, 0.4) is 0 Å². The molecule has 29 heavy (non-hydrogen) atoms. The van der Waals surface area contributed by atoms with Crippen LogP contribution in [0.2, 0.25) is 0 Å². The van der Waals surface area contributed by atoms with Crippen molar-refractivity contribution in [2.45, 2.75) is 19.9 Å². The number of carbonyl (C=O) groups excluding carboxylic acids is 1. The Morgan fingerprint density at radius 2 is 1.93 bits per heavy atom. The van der Waals surface area contributed by atoms with Gasteiger partial charge < -0.3 is 5.32 Å². The van der Waals surface area contributed by atoms with Gasteiger partial charge in [0.15, 0.2) is 5.13 Å². The molecule has 0 saturated heterocycles. The van der Waals surface area contributed by atoms with Crippen molar-refractivity contribution in [1.29, 1.82) is 0 Å². The predicted molar refractivity (Wildman–Crippen MR) is 111 cm³/mol. The molecular formula is C21H17FN4O2S. The van der Waals surface area contributed by atoms with E-state index in [1.54, 1.807) is 42.5 Å². The lowest BCUT2D eigenvalue weighted by Gasteiger charge is -2.06. The van der Waals surface area contributed by atoms with Crippen LogP contribution >= 0.6 is 11.3 Å². The molecule has 0 radical (unpaired) electrons. The number of rotatable bonds is 5. The highest BCUT2D eigenvalue weighted by atomic mass is 32.1. The fourth-order valence-corrected chi connectivity index (χ4v) is 3.99. The van der Waals surface area contributed by atoms with Gasteiger partial charge in [-0.3, -0.25) is 14.2 Å². The summed E-state index contributed by atoms with van der Waals surface area (Å²) in [5.74, 6) is -0.649. The Bertz CT molecular complexity index is 1270. The molecule has 0 atom stereocenters. The summed E-state index contributed by atoms with van der Waals surface area (Å²) in [5.41, 5.74) is 1.62. The molecule has 0 aliphatic carbocycles. The van der Waals surface area contributed by atoms with E-state index >= 15 is 0 Å². The predicted octanol–water partition coefficient (Wildman–Crippen LogP) is 3.53. The molecule has 8 heteroatoms. The topological polar surface area (TPSA) is 76.9 Å². The van der Waals surface area contributed by atoms with Crippen molar-refractivity contribution in [1.82, 2.24) is 14.5 Å². The molecule has 0 bridgehead atoms. The van der Waals surface area contributed by atoms with Gasteiger partial charge in [0.25, 0.3) is 5.56 Å². The first-order chi connectivity index (χ1) is 14.0. The van der Waals surface area contributed by atoms with Gasteiger partial charge in [-0.2, -0.15) is 0 Å². The maximum atomic E-state index is 13.9. The Morgan fingerprint density at radius 3 is 2.76 bits per heavy atom. The van der Waals surface area contributed by atoms with Gasteiger partial charge in [0.05, 0.1) is 22.9 Å². The summed E-state index contributed by atoms with van der Waals surface area (Å²) in [5, 5.41) is 3.59. The zero-order valence-electron chi connectivity index (χ0n) is 15.6. The minimum absolute atomic E-state index is 0.169. The summed E-state index contributed by atoms with van der Waals surface area (Å²) in [6.45, 7) is 1.65. The number of aryl methyl sites for hydroxylation is 1. The average Bonchev–Trinajstić information content (AvgIpc) is 3.04. The Balaban J connectivity index is 1.49. The van der Waals surface area contributed by atoms with Crippen LogP contribution in [0, 0.1) is 12.7 Å². The first kappa shape index (κ1) is 18.9. The van der Waals surface area contributed by atoms with Gasteiger partial charge in [-0.1, -0.05) is 30.3 Å². The highest BCUT2D eigenvalue weighted by Crippen LogP contribution is 2.26. The van der Waals surface area contributed by atoms with Crippen LogP contribution < -0.4 is 10.9 Å². The molecule has 2 heterocycles. The minimum atomic E-state index is -0.379. The number of hydrogen-bond donors (Lipinski definition) is 1. The van der Waals surface area contributed by atoms with Crippen LogP contribution in [0.25, 0.3) is 10.9 Å². The number of hydrogen-bond acceptors (Lipinski definition) is 5. The van der Waals surface area contributed by atoms with Crippen molar-refractivity contribution < 1.29 is 9.18 Å². The van der Waals surface area contributed by atoms with Crippen molar-refractivity contribution in [2.75, 3.05) is 5.32 Å². The van der Waals surface area contributed by atoms with Gasteiger partial charge in [-0.15, -0.1) is 11.3 Å². The molecule has 1 amide bonds. The van der Waals surface area contributed by atoms with Crippen LogP contribution in [-0.4, -0.2) is 20.4 Å². The number of fused-ring (bicyclic) bond motifs is 1. The normalized spacial score (nSPS) is 11.0. The quantitative estimate of drug-likeness (QED) is 0.548. The van der Waals surface area contributed by atoms with Crippen LogP contribution in [-0.2, 0) is 17.8 Å². The number of para-hydroxylation sites is 1. The van der Waals surface area contributed by atoms with E-state index in [-0.39, 0.29) is 23.8 Å².